The number of benzene rings is 2. The van der Waals surface area contributed by atoms with Crippen molar-refractivity contribution in [2.75, 3.05) is 27.4 Å². The zero-order chi connectivity index (χ0) is 23.3. The van der Waals surface area contributed by atoms with Crippen LogP contribution >= 0.6 is 0 Å². The fraction of sp³-hybridized carbons (Fsp3) is 0.400. The fourth-order valence-electron chi connectivity index (χ4n) is 3.32. The van der Waals surface area contributed by atoms with E-state index in [1.807, 2.05) is 26.0 Å². The summed E-state index contributed by atoms with van der Waals surface area (Å²) in [7, 11) is 2.86. The fourth-order valence-corrected chi connectivity index (χ4v) is 3.32. The molecule has 7 nitrogen and oxygen atoms in total. The van der Waals surface area contributed by atoms with E-state index in [-0.39, 0.29) is 0 Å². The van der Waals surface area contributed by atoms with Crippen LogP contribution in [0.3, 0.4) is 0 Å². The molecular weight excluding hydrogens is 408 g/mol. The molecule has 32 heavy (non-hydrogen) atoms. The quantitative estimate of drug-likeness (QED) is 0.330. The predicted octanol–water partition coefficient (Wildman–Crippen LogP) is 4.28. The van der Waals surface area contributed by atoms with Crippen molar-refractivity contribution in [2.24, 2.45) is 16.2 Å². The van der Waals surface area contributed by atoms with Crippen LogP contribution in [0.25, 0.3) is 0 Å². The minimum Gasteiger partial charge on any atom is -0.471 e. The van der Waals surface area contributed by atoms with Gasteiger partial charge in [0.2, 0.25) is 0 Å². The number of hydrogen-bond acceptors (Lipinski definition) is 7. The molecule has 1 fully saturated rings. The topological polar surface area (TPSA) is 78.7 Å². The van der Waals surface area contributed by atoms with Crippen LogP contribution in [0.5, 0.6) is 0 Å². The van der Waals surface area contributed by atoms with E-state index in [1.54, 1.807) is 7.11 Å². The zero-order valence-corrected chi connectivity index (χ0v) is 19.5. The SMILES string of the molecule is CO/N=C(/C)c1cccc(C)c1CO/N=C(\C)c1cccc(CC2COC2)c1.COC=O. The molecule has 0 saturated carbocycles. The van der Waals surface area contributed by atoms with E-state index >= 15 is 0 Å². The third kappa shape index (κ3) is 7.50. The van der Waals surface area contributed by atoms with Crippen molar-refractivity contribution < 1.29 is 23.9 Å². The Hall–Kier alpha value is -3.19. The molecule has 3 rings (SSSR count). The van der Waals surface area contributed by atoms with E-state index in [1.165, 1.54) is 12.7 Å². The Balaban J connectivity index is 0.000000837. The van der Waals surface area contributed by atoms with Gasteiger partial charge in [-0.2, -0.15) is 0 Å². The molecule has 172 valence electrons. The maximum atomic E-state index is 8.95. The first-order valence-electron chi connectivity index (χ1n) is 10.5. The van der Waals surface area contributed by atoms with Gasteiger partial charge in [0.15, 0.2) is 0 Å². The molecular formula is C25H32N2O5. The maximum Gasteiger partial charge on any atom is 0.292 e. The highest BCUT2D eigenvalue weighted by molar-refractivity contribution is 6.00. The van der Waals surface area contributed by atoms with E-state index < -0.39 is 0 Å². The Morgan fingerprint density at radius 1 is 1.09 bits per heavy atom. The highest BCUT2D eigenvalue weighted by atomic mass is 16.6. The summed E-state index contributed by atoms with van der Waals surface area (Å²) in [5, 5.41) is 8.40. The lowest BCUT2D eigenvalue weighted by atomic mass is 9.96. The van der Waals surface area contributed by atoms with E-state index in [0.29, 0.717) is 19.0 Å². The van der Waals surface area contributed by atoms with Gasteiger partial charge in [0, 0.05) is 17.0 Å². The average Bonchev–Trinajstić information content (AvgIpc) is 2.77. The van der Waals surface area contributed by atoms with Gasteiger partial charge in [-0.25, -0.2) is 0 Å². The van der Waals surface area contributed by atoms with E-state index in [9.17, 15) is 0 Å². The second kappa shape index (κ2) is 13.3. The smallest absolute Gasteiger partial charge is 0.292 e. The molecule has 2 aromatic rings. The number of aryl methyl sites for hydroxylation is 1. The molecule has 2 aromatic carbocycles. The van der Waals surface area contributed by atoms with Crippen LogP contribution in [0, 0.1) is 12.8 Å². The first-order chi connectivity index (χ1) is 15.5. The van der Waals surface area contributed by atoms with Crippen molar-refractivity contribution in [3.8, 4) is 0 Å². The molecule has 0 aromatic heterocycles. The molecule has 0 unspecified atom stereocenters. The summed E-state index contributed by atoms with van der Waals surface area (Å²) in [6.45, 7) is 8.45. The van der Waals surface area contributed by atoms with Crippen LogP contribution in [-0.4, -0.2) is 45.3 Å². The molecule has 1 aliphatic rings. The van der Waals surface area contributed by atoms with Crippen molar-refractivity contribution in [1.82, 2.24) is 0 Å². The molecule has 0 bridgehead atoms. The third-order valence-corrected chi connectivity index (χ3v) is 5.11. The summed E-state index contributed by atoms with van der Waals surface area (Å²) in [5.41, 5.74) is 7.30. The lowest BCUT2D eigenvalue weighted by Gasteiger charge is -2.26. The van der Waals surface area contributed by atoms with Gasteiger partial charge in [0.05, 0.1) is 31.7 Å². The van der Waals surface area contributed by atoms with E-state index in [0.717, 1.165) is 53.3 Å². The van der Waals surface area contributed by atoms with Crippen LogP contribution in [-0.2, 0) is 37.0 Å². The second-order valence-corrected chi connectivity index (χ2v) is 7.55. The van der Waals surface area contributed by atoms with Crippen molar-refractivity contribution in [3.63, 3.8) is 0 Å². The molecule has 1 heterocycles. The number of carbonyl (C=O) groups excluding carboxylic acids is 1. The summed E-state index contributed by atoms with van der Waals surface area (Å²) < 4.78 is 9.13. The Morgan fingerprint density at radius 3 is 2.44 bits per heavy atom. The molecule has 1 saturated heterocycles. The highest BCUT2D eigenvalue weighted by Crippen LogP contribution is 2.19. The number of methoxy groups -OCH3 is 1. The second-order valence-electron chi connectivity index (χ2n) is 7.55. The molecule has 7 heteroatoms. The molecule has 0 N–H and O–H groups in total. The summed E-state index contributed by atoms with van der Waals surface area (Å²) in [6, 6.07) is 14.6. The standard InChI is InChI=1S/C23H28N2O3.C2H4O2/c1-16-7-5-10-22(18(3)24-26-4)23(16)15-28-25-17(2)21-9-6-8-19(12-21)11-20-13-27-14-20;1-4-2-3/h5-10,12,20H,11,13-15H2,1-4H3;2H,1H3/b24-18-,25-17+;. The average molecular weight is 441 g/mol. The van der Waals surface area contributed by atoms with E-state index in [2.05, 4.69) is 52.3 Å². The van der Waals surface area contributed by atoms with Crippen LogP contribution in [0.2, 0.25) is 0 Å². The number of oxime groups is 2. The van der Waals surface area contributed by atoms with Gasteiger partial charge < -0.3 is 19.1 Å². The minimum atomic E-state index is 0.375. The lowest BCUT2D eigenvalue weighted by Crippen LogP contribution is -2.29. The molecule has 0 atom stereocenters. The predicted molar refractivity (Wildman–Crippen MR) is 125 cm³/mol. The van der Waals surface area contributed by atoms with Gasteiger partial charge >= 0.3 is 0 Å². The van der Waals surface area contributed by atoms with Crippen LogP contribution in [0.4, 0.5) is 0 Å². The van der Waals surface area contributed by atoms with Crippen molar-refractivity contribution in [3.05, 3.63) is 70.3 Å². The first kappa shape index (κ1) is 25.1. The lowest BCUT2D eigenvalue weighted by molar-refractivity contribution is -0.126. The summed E-state index contributed by atoms with van der Waals surface area (Å²) >= 11 is 0. The van der Waals surface area contributed by atoms with Gasteiger partial charge in [-0.15, -0.1) is 0 Å². The van der Waals surface area contributed by atoms with Crippen LogP contribution < -0.4 is 0 Å². The van der Waals surface area contributed by atoms with Crippen molar-refractivity contribution in [2.45, 2.75) is 33.8 Å². The molecule has 0 aliphatic carbocycles. The monoisotopic (exact) mass is 440 g/mol. The third-order valence-electron chi connectivity index (χ3n) is 5.11. The van der Waals surface area contributed by atoms with Gasteiger partial charge in [0.25, 0.3) is 6.47 Å². The Morgan fingerprint density at radius 2 is 1.81 bits per heavy atom. The molecule has 0 amide bonds. The van der Waals surface area contributed by atoms with Crippen molar-refractivity contribution >= 4 is 17.9 Å². The van der Waals surface area contributed by atoms with Crippen LogP contribution in [0.15, 0.2) is 52.8 Å². The van der Waals surface area contributed by atoms with Gasteiger partial charge in [-0.1, -0.05) is 46.7 Å². The maximum absolute atomic E-state index is 8.95. The highest BCUT2D eigenvalue weighted by Gasteiger charge is 2.18. The Labute approximate surface area is 190 Å². The first-order valence-corrected chi connectivity index (χ1v) is 10.5. The summed E-state index contributed by atoms with van der Waals surface area (Å²) in [4.78, 5) is 19.6. The van der Waals surface area contributed by atoms with Gasteiger partial charge in [-0.3, -0.25) is 4.79 Å². The molecule has 1 aliphatic heterocycles. The minimum absolute atomic E-state index is 0.375. The van der Waals surface area contributed by atoms with Crippen LogP contribution in [0.1, 0.15) is 41.7 Å². The number of rotatable bonds is 9. The van der Waals surface area contributed by atoms with Gasteiger partial charge in [0.1, 0.15) is 13.7 Å². The largest absolute Gasteiger partial charge is 0.471 e. The Bertz CT molecular complexity index is 936. The number of nitrogens with zero attached hydrogens (tertiary/aromatic N) is 2. The van der Waals surface area contributed by atoms with E-state index in [4.69, 9.17) is 19.2 Å². The number of hydrogen-bond donors (Lipinski definition) is 0. The summed E-state index contributed by atoms with van der Waals surface area (Å²) in [6.07, 6.45) is 1.05. The normalized spacial score (nSPS) is 14.0. The number of ether oxygens (including phenoxy) is 2. The number of carbonyl (C=O) groups is 1. The Kier molecular flexibility index (Phi) is 10.4. The molecule has 0 radical (unpaired) electrons. The summed E-state index contributed by atoms with van der Waals surface area (Å²) in [5.74, 6) is 0.639. The van der Waals surface area contributed by atoms with Gasteiger partial charge in [-0.05, 0) is 49.9 Å². The van der Waals surface area contributed by atoms with Crippen molar-refractivity contribution in [1.29, 1.82) is 0 Å². The zero-order valence-electron chi connectivity index (χ0n) is 19.5. The molecule has 0 spiro atoms.